The fraction of sp³-hybridized carbons (Fsp3) is 0.583. The molecule has 0 atom stereocenters. The summed E-state index contributed by atoms with van der Waals surface area (Å²) in [5.74, 6) is 0.753. The lowest BCUT2D eigenvalue weighted by Gasteiger charge is -2.04. The number of nitrogens with zero attached hydrogens (tertiary/aromatic N) is 2. The molecule has 0 saturated heterocycles. The lowest BCUT2D eigenvalue weighted by atomic mass is 10.2. The molecule has 0 amide bonds. The maximum absolute atomic E-state index is 4.77. The van der Waals surface area contributed by atoms with Crippen LogP contribution in [0.2, 0.25) is 0 Å². The van der Waals surface area contributed by atoms with Gasteiger partial charge >= 0.3 is 0 Å². The van der Waals surface area contributed by atoms with Crippen LogP contribution in [0.25, 0.3) is 4.96 Å². The van der Waals surface area contributed by atoms with E-state index in [2.05, 4.69) is 21.3 Å². The summed E-state index contributed by atoms with van der Waals surface area (Å²) in [6.45, 7) is 0.994. The number of hydrogen-bond donors (Lipinski definition) is 1. The van der Waals surface area contributed by atoms with Crippen LogP contribution in [0.15, 0.2) is 11.6 Å². The molecule has 0 bridgehead atoms. The number of nitrogens with one attached hydrogen (secondary N) is 1. The normalized spacial score (nSPS) is 20.8. The van der Waals surface area contributed by atoms with Crippen molar-refractivity contribution in [3.8, 4) is 0 Å². The Balaban J connectivity index is 1.72. The largest absolute Gasteiger partial charge is 0.308 e. The zero-order valence-corrected chi connectivity index (χ0v) is 9.96. The highest BCUT2D eigenvalue weighted by Crippen LogP contribution is 2.41. The summed E-state index contributed by atoms with van der Waals surface area (Å²) >= 11 is 1.74. The minimum atomic E-state index is 0.753. The third-order valence-electron chi connectivity index (χ3n) is 3.49. The van der Waals surface area contributed by atoms with Crippen molar-refractivity contribution in [2.45, 2.75) is 44.2 Å². The molecule has 2 aromatic heterocycles. The highest BCUT2D eigenvalue weighted by atomic mass is 32.1. The third-order valence-corrected chi connectivity index (χ3v) is 4.25. The Bertz CT molecular complexity index is 519. The fourth-order valence-electron chi connectivity index (χ4n) is 2.24. The predicted octanol–water partition coefficient (Wildman–Crippen LogP) is 2.53. The average molecular weight is 233 g/mol. The molecule has 2 heterocycles. The highest BCUT2D eigenvalue weighted by molar-refractivity contribution is 7.15. The first-order chi connectivity index (χ1) is 7.92. The van der Waals surface area contributed by atoms with Crippen molar-refractivity contribution in [2.24, 2.45) is 0 Å². The maximum atomic E-state index is 4.77. The van der Waals surface area contributed by atoms with E-state index in [4.69, 9.17) is 4.98 Å². The minimum Gasteiger partial charge on any atom is -0.308 e. The van der Waals surface area contributed by atoms with Gasteiger partial charge in [0.2, 0.25) is 0 Å². The summed E-state index contributed by atoms with van der Waals surface area (Å²) in [5, 5.41) is 5.73. The van der Waals surface area contributed by atoms with Crippen molar-refractivity contribution in [3.63, 3.8) is 0 Å². The van der Waals surface area contributed by atoms with Crippen molar-refractivity contribution >= 4 is 16.3 Å². The minimum absolute atomic E-state index is 0.753. The molecule has 4 rings (SSSR count). The first-order valence-corrected chi connectivity index (χ1v) is 6.97. The number of aromatic nitrogens is 2. The number of hydrogen-bond acceptors (Lipinski definition) is 3. The number of rotatable bonds is 4. The second-order valence-corrected chi connectivity index (χ2v) is 5.80. The number of fused-ring (bicyclic) bond motifs is 1. The van der Waals surface area contributed by atoms with E-state index in [-0.39, 0.29) is 0 Å². The molecule has 2 aromatic rings. The molecule has 1 N–H and O–H groups in total. The quantitative estimate of drug-likeness (QED) is 0.879. The van der Waals surface area contributed by atoms with Crippen molar-refractivity contribution in [2.75, 3.05) is 0 Å². The fourth-order valence-corrected chi connectivity index (χ4v) is 2.98. The Hall–Kier alpha value is -0.870. The van der Waals surface area contributed by atoms with Crippen LogP contribution in [0.1, 0.15) is 43.0 Å². The highest BCUT2D eigenvalue weighted by Gasteiger charge is 2.31. The summed E-state index contributed by atoms with van der Waals surface area (Å²) in [6.07, 6.45) is 7.53. The van der Waals surface area contributed by atoms with E-state index >= 15 is 0 Å². The third kappa shape index (κ3) is 1.48. The van der Waals surface area contributed by atoms with E-state index in [1.165, 1.54) is 37.1 Å². The average Bonchev–Trinajstić information content (AvgIpc) is 3.18. The monoisotopic (exact) mass is 233 g/mol. The number of thiazole rings is 1. The Morgan fingerprint density at radius 1 is 1.38 bits per heavy atom. The second kappa shape index (κ2) is 3.31. The Kier molecular flexibility index (Phi) is 1.90. The van der Waals surface area contributed by atoms with Gasteiger partial charge < -0.3 is 5.32 Å². The Morgan fingerprint density at radius 3 is 3.00 bits per heavy atom. The molecule has 2 aliphatic carbocycles. The van der Waals surface area contributed by atoms with Gasteiger partial charge in [0.05, 0.1) is 11.4 Å². The lowest BCUT2D eigenvalue weighted by Crippen LogP contribution is -2.17. The summed E-state index contributed by atoms with van der Waals surface area (Å²) in [4.78, 5) is 5.94. The molecule has 84 valence electrons. The smallest absolute Gasteiger partial charge is 0.194 e. The van der Waals surface area contributed by atoms with Gasteiger partial charge in [-0.1, -0.05) is 0 Å². The second-order valence-electron chi connectivity index (χ2n) is 4.93. The Morgan fingerprint density at radius 2 is 2.25 bits per heavy atom. The Labute approximate surface area is 98.5 Å². The van der Waals surface area contributed by atoms with E-state index in [0.717, 1.165) is 23.5 Å². The van der Waals surface area contributed by atoms with Gasteiger partial charge in [-0.3, -0.25) is 4.40 Å². The van der Waals surface area contributed by atoms with Crippen molar-refractivity contribution in [1.82, 2.24) is 14.7 Å². The van der Waals surface area contributed by atoms with E-state index < -0.39 is 0 Å². The first kappa shape index (κ1) is 9.19. The molecular weight excluding hydrogens is 218 g/mol. The van der Waals surface area contributed by atoms with E-state index in [1.807, 2.05) is 0 Å². The summed E-state index contributed by atoms with van der Waals surface area (Å²) < 4.78 is 2.27. The molecule has 2 aliphatic rings. The zero-order valence-electron chi connectivity index (χ0n) is 9.15. The summed E-state index contributed by atoms with van der Waals surface area (Å²) in [7, 11) is 0. The molecule has 16 heavy (non-hydrogen) atoms. The van der Waals surface area contributed by atoms with Crippen LogP contribution in [-0.4, -0.2) is 15.4 Å². The van der Waals surface area contributed by atoms with Crippen LogP contribution in [0.5, 0.6) is 0 Å². The topological polar surface area (TPSA) is 29.3 Å². The molecule has 0 radical (unpaired) electrons. The van der Waals surface area contributed by atoms with Crippen LogP contribution in [0.4, 0.5) is 0 Å². The standard InChI is InChI=1S/C12H15N3S/c1-2-8(1)11-10(7-13-9-3-4-9)15-5-6-16-12(15)14-11/h5-6,8-9,13H,1-4,7H2. The van der Waals surface area contributed by atoms with Gasteiger partial charge in [-0.2, -0.15) is 0 Å². The van der Waals surface area contributed by atoms with Gasteiger partial charge in [0.15, 0.2) is 4.96 Å². The van der Waals surface area contributed by atoms with Gasteiger partial charge in [-0.05, 0) is 25.7 Å². The lowest BCUT2D eigenvalue weighted by molar-refractivity contribution is 0.664. The molecule has 0 aromatic carbocycles. The van der Waals surface area contributed by atoms with Gasteiger partial charge in [0.1, 0.15) is 0 Å². The van der Waals surface area contributed by atoms with Crippen LogP contribution in [-0.2, 0) is 6.54 Å². The summed E-state index contributed by atoms with van der Waals surface area (Å²) in [5.41, 5.74) is 2.77. The van der Waals surface area contributed by atoms with Crippen LogP contribution < -0.4 is 5.32 Å². The molecule has 2 saturated carbocycles. The molecular formula is C12H15N3S. The SMILES string of the molecule is c1cn2c(CNC3CC3)c(C3CC3)nc2s1. The van der Waals surface area contributed by atoms with Gasteiger partial charge in [-0.15, -0.1) is 11.3 Å². The molecule has 0 aliphatic heterocycles. The van der Waals surface area contributed by atoms with E-state index in [0.29, 0.717) is 0 Å². The first-order valence-electron chi connectivity index (χ1n) is 6.09. The van der Waals surface area contributed by atoms with Crippen LogP contribution in [0.3, 0.4) is 0 Å². The van der Waals surface area contributed by atoms with Crippen LogP contribution in [0, 0.1) is 0 Å². The molecule has 0 unspecified atom stereocenters. The van der Waals surface area contributed by atoms with Gasteiger partial charge in [0.25, 0.3) is 0 Å². The summed E-state index contributed by atoms with van der Waals surface area (Å²) in [6, 6.07) is 0.774. The van der Waals surface area contributed by atoms with Crippen molar-refractivity contribution in [3.05, 3.63) is 23.0 Å². The van der Waals surface area contributed by atoms with Crippen molar-refractivity contribution < 1.29 is 0 Å². The maximum Gasteiger partial charge on any atom is 0.194 e. The van der Waals surface area contributed by atoms with E-state index in [9.17, 15) is 0 Å². The predicted molar refractivity (Wildman–Crippen MR) is 64.9 cm³/mol. The van der Waals surface area contributed by atoms with Gasteiger partial charge in [0, 0.05) is 30.1 Å². The molecule has 2 fully saturated rings. The zero-order chi connectivity index (χ0) is 10.5. The number of imidazole rings is 1. The van der Waals surface area contributed by atoms with Crippen LogP contribution >= 0.6 is 11.3 Å². The molecule has 4 heteroatoms. The molecule has 3 nitrogen and oxygen atoms in total. The van der Waals surface area contributed by atoms with E-state index in [1.54, 1.807) is 11.3 Å². The molecule has 0 spiro atoms. The van der Waals surface area contributed by atoms with Crippen molar-refractivity contribution in [1.29, 1.82) is 0 Å². The van der Waals surface area contributed by atoms with Gasteiger partial charge in [-0.25, -0.2) is 4.98 Å².